The molecular weight excluding hydrogens is 572 g/mol. The Bertz CT molecular complexity index is 1580. The van der Waals surface area contributed by atoms with E-state index in [0.717, 1.165) is 18.3 Å². The van der Waals surface area contributed by atoms with E-state index in [9.17, 15) is 43.2 Å². The van der Waals surface area contributed by atoms with Gasteiger partial charge in [-0.2, -0.15) is 26.3 Å². The van der Waals surface area contributed by atoms with E-state index in [4.69, 9.17) is 5.73 Å². The zero-order valence-corrected chi connectivity index (χ0v) is 22.6. The minimum atomic E-state index is -4.80. The largest absolute Gasteiger partial charge is 0.416 e. The Hall–Kier alpha value is -3.20. The molecule has 39 heavy (non-hydrogen) atoms. The molecule has 7 nitrogen and oxygen atoms in total. The fourth-order valence-electron chi connectivity index (χ4n) is 3.84. The van der Waals surface area contributed by atoms with Gasteiger partial charge in [0.15, 0.2) is 5.82 Å². The molecule has 0 spiro atoms. The average molecular weight is 596 g/mol. The van der Waals surface area contributed by atoms with Gasteiger partial charge in [0.05, 0.1) is 20.6 Å². The molecule has 0 atom stereocenters. The predicted octanol–water partition coefficient (Wildman–Crippen LogP) is 5.12. The first-order chi connectivity index (χ1) is 17.7. The molecule has 3 aromatic rings. The van der Waals surface area contributed by atoms with Gasteiger partial charge in [-0.3, -0.25) is 0 Å². The van der Waals surface area contributed by atoms with Gasteiger partial charge in [-0.05, 0) is 68.7 Å². The van der Waals surface area contributed by atoms with Crippen molar-refractivity contribution < 1.29 is 43.2 Å². The summed E-state index contributed by atoms with van der Waals surface area (Å²) in [7, 11) is -6.37. The van der Waals surface area contributed by atoms with Crippen LogP contribution in [0.15, 0.2) is 42.6 Å². The highest BCUT2D eigenvalue weighted by molar-refractivity contribution is 7.73. The van der Waals surface area contributed by atoms with Crippen molar-refractivity contribution in [3.05, 3.63) is 64.8 Å². The zero-order valence-electron chi connectivity index (χ0n) is 20.8. The third-order valence-electron chi connectivity index (χ3n) is 6.27. The summed E-state index contributed by atoms with van der Waals surface area (Å²) < 4.78 is 125. The molecule has 1 heterocycles. The quantitative estimate of drug-likeness (QED) is 0.267. The molecule has 2 N–H and O–H groups in total. The Morgan fingerprint density at radius 1 is 0.667 bits per heavy atom. The van der Waals surface area contributed by atoms with Gasteiger partial charge in [-0.25, -0.2) is 26.8 Å². The molecule has 0 bridgehead atoms. The van der Waals surface area contributed by atoms with E-state index in [2.05, 4.69) is 9.97 Å². The van der Waals surface area contributed by atoms with Crippen LogP contribution in [-0.2, 0) is 43.3 Å². The van der Waals surface area contributed by atoms with Crippen LogP contribution in [0.1, 0.15) is 49.9 Å². The summed E-state index contributed by atoms with van der Waals surface area (Å²) in [6, 6.07) is 4.74. The average Bonchev–Trinajstić information content (AvgIpc) is 2.81. The van der Waals surface area contributed by atoms with Crippen LogP contribution in [0.5, 0.6) is 0 Å². The van der Waals surface area contributed by atoms with Gasteiger partial charge in [-0.1, -0.05) is 12.1 Å². The minimum Gasteiger partial charge on any atom is -0.383 e. The van der Waals surface area contributed by atoms with E-state index < -0.39 is 66.0 Å². The van der Waals surface area contributed by atoms with E-state index in [-0.39, 0.29) is 27.8 Å². The smallest absolute Gasteiger partial charge is 0.383 e. The van der Waals surface area contributed by atoms with Crippen LogP contribution in [-0.4, -0.2) is 26.8 Å². The number of anilines is 1. The van der Waals surface area contributed by atoms with E-state index in [1.165, 1.54) is 27.7 Å². The van der Waals surface area contributed by atoms with Crippen molar-refractivity contribution in [2.45, 2.75) is 49.5 Å². The van der Waals surface area contributed by atoms with E-state index in [1.807, 2.05) is 0 Å². The fourth-order valence-corrected chi connectivity index (χ4v) is 4.63. The fraction of sp³-hybridized carbons (Fsp3) is 0.333. The molecule has 15 heteroatoms. The summed E-state index contributed by atoms with van der Waals surface area (Å²) in [5.74, 6) is -0.879. The van der Waals surface area contributed by atoms with Gasteiger partial charge in [0.1, 0.15) is 27.2 Å². The molecule has 0 aliphatic rings. The molecule has 0 saturated carbocycles. The molecule has 2 aromatic carbocycles. The Morgan fingerprint density at radius 2 is 1.08 bits per heavy atom. The molecule has 0 saturated heterocycles. The van der Waals surface area contributed by atoms with E-state index >= 15 is 0 Å². The normalized spacial score (nSPS) is 13.3. The van der Waals surface area contributed by atoms with Crippen molar-refractivity contribution in [3.63, 3.8) is 0 Å². The number of nitrogen functional groups attached to an aromatic ring is 1. The van der Waals surface area contributed by atoms with Gasteiger partial charge >= 0.3 is 12.4 Å². The molecule has 0 fully saturated rings. The van der Waals surface area contributed by atoms with E-state index in [0.29, 0.717) is 24.3 Å². The molecule has 212 valence electrons. The Balaban J connectivity index is 2.33. The van der Waals surface area contributed by atoms with Crippen molar-refractivity contribution in [2.24, 2.45) is 0 Å². The molecule has 0 radical (unpaired) electrons. The Kier molecular flexibility index (Phi) is 7.84. The van der Waals surface area contributed by atoms with Crippen molar-refractivity contribution >= 4 is 27.2 Å². The molecule has 3 rings (SSSR count). The van der Waals surface area contributed by atoms with Crippen molar-refractivity contribution in [1.82, 2.24) is 9.97 Å². The van der Waals surface area contributed by atoms with Gasteiger partial charge in [-0.15, -0.1) is 0 Å². The summed E-state index contributed by atoms with van der Waals surface area (Å²) in [4.78, 5) is 8.02. The number of halogens is 6. The lowest BCUT2D eigenvalue weighted by atomic mass is 9.90. The number of thiol groups is 2. The first-order valence-corrected chi connectivity index (χ1v) is 13.4. The van der Waals surface area contributed by atoms with Gasteiger partial charge in [0.25, 0.3) is 0 Å². The molecule has 1 aromatic heterocycles. The first-order valence-electron chi connectivity index (χ1n) is 11.0. The van der Waals surface area contributed by atoms with Crippen molar-refractivity contribution in [1.29, 1.82) is 0 Å². The second-order valence-electron chi connectivity index (χ2n) is 9.64. The lowest BCUT2D eigenvalue weighted by molar-refractivity contribution is -0.138. The van der Waals surface area contributed by atoms with Gasteiger partial charge in [0.2, 0.25) is 0 Å². The van der Waals surface area contributed by atoms with Crippen LogP contribution < -0.4 is 5.73 Å². The number of alkyl halides is 6. The predicted molar refractivity (Wildman–Crippen MR) is 134 cm³/mol. The number of hydrogen-bond acceptors (Lipinski definition) is 7. The number of nitrogens with zero attached hydrogens (tertiary/aromatic N) is 2. The van der Waals surface area contributed by atoms with Crippen LogP contribution >= 0.6 is 0 Å². The number of nitrogens with two attached hydrogens (primary N) is 1. The van der Waals surface area contributed by atoms with Crippen molar-refractivity contribution in [2.75, 3.05) is 5.73 Å². The van der Waals surface area contributed by atoms with Gasteiger partial charge in [0, 0.05) is 17.3 Å². The first kappa shape index (κ1) is 30.3. The highest BCUT2D eigenvalue weighted by Gasteiger charge is 2.36. The van der Waals surface area contributed by atoms with Crippen LogP contribution in [0.25, 0.3) is 22.5 Å². The topological polar surface area (TPSA) is 120 Å². The second kappa shape index (κ2) is 10.1. The lowest BCUT2D eigenvalue weighted by Crippen LogP contribution is -2.22. The highest BCUT2D eigenvalue weighted by atomic mass is 32.2. The van der Waals surface area contributed by atoms with Crippen molar-refractivity contribution in [3.8, 4) is 22.5 Å². The van der Waals surface area contributed by atoms with E-state index in [1.54, 1.807) is 0 Å². The molecule has 0 aliphatic heterocycles. The maximum Gasteiger partial charge on any atom is 0.416 e. The molecule has 0 unspecified atom stereocenters. The Morgan fingerprint density at radius 3 is 1.46 bits per heavy atom. The Labute approximate surface area is 223 Å². The number of benzene rings is 2. The second-order valence-corrected chi connectivity index (χ2v) is 12.9. The third-order valence-corrected chi connectivity index (χ3v) is 8.58. The zero-order chi connectivity index (χ0) is 29.7. The number of hydrogen-bond donors (Lipinski definition) is 3. The van der Waals surface area contributed by atoms with Crippen LogP contribution in [0.4, 0.5) is 32.2 Å². The van der Waals surface area contributed by atoms with Crippen LogP contribution in [0.3, 0.4) is 0 Å². The molecule has 0 amide bonds. The third kappa shape index (κ3) is 5.88. The summed E-state index contributed by atoms with van der Waals surface area (Å²) in [5, 5.41) is 0. The molecular formula is C24H23F6N3O4S2. The maximum atomic E-state index is 13.5. The highest BCUT2D eigenvalue weighted by Crippen LogP contribution is 2.42. The maximum absolute atomic E-state index is 13.5. The number of aromatic nitrogens is 2. The summed E-state index contributed by atoms with van der Waals surface area (Å²) >= 11 is 0. The minimum absolute atomic E-state index is 0.0427. The number of rotatable bonds is 6. The molecule has 0 aliphatic carbocycles. The summed E-state index contributed by atoms with van der Waals surface area (Å²) in [6.07, 6.45) is -8.63. The van der Waals surface area contributed by atoms with Crippen LogP contribution in [0.2, 0.25) is 0 Å². The van der Waals surface area contributed by atoms with Crippen LogP contribution in [0, 0.1) is 0 Å². The summed E-state index contributed by atoms with van der Waals surface area (Å²) in [6.45, 7) is 5.09. The lowest BCUT2D eigenvalue weighted by Gasteiger charge is -2.24. The van der Waals surface area contributed by atoms with Gasteiger partial charge < -0.3 is 5.73 Å². The monoisotopic (exact) mass is 595 g/mol. The summed E-state index contributed by atoms with van der Waals surface area (Å²) in [5.41, 5.74) is 2.97. The standard InChI is InChI=1S/C24H23F6N3O4S2/c1-21(2,38(34)35)17-7-5-12(23(25,26)27)9-14(17)16-11-32-20(33-19(16)31)15-10-13(24(28,29)30)6-8-18(15)22(3,4)39(36)37/h5-11,38-39H,1-4H3,(H2,31,32,33). The SMILES string of the molecule is CC(C)(c1ccc(C(F)(F)F)cc1-c1ncc(-c2cc(C(F)(F)F)ccc2C(C)(C)[SH](=O)=O)c(N)n1)[SH](=O)=O.